The van der Waals surface area contributed by atoms with Crippen LogP contribution in [0.25, 0.3) is 10.3 Å². The molecule has 2 aromatic heterocycles. The van der Waals surface area contributed by atoms with Gasteiger partial charge in [-0.25, -0.2) is 14.8 Å². The van der Waals surface area contributed by atoms with Crippen molar-refractivity contribution in [2.45, 2.75) is 26.4 Å². The van der Waals surface area contributed by atoms with Crippen molar-refractivity contribution in [1.82, 2.24) is 9.97 Å². The molecule has 2 rings (SSSR count). The first-order valence-corrected chi connectivity index (χ1v) is 6.58. The molecule has 0 aliphatic heterocycles. The molecule has 0 aliphatic rings. The molecule has 0 fully saturated rings. The summed E-state index contributed by atoms with van der Waals surface area (Å²) in [5, 5.41) is 0.458. The summed E-state index contributed by atoms with van der Waals surface area (Å²) in [6.45, 7) is 5.46. The summed E-state index contributed by atoms with van der Waals surface area (Å²) in [6, 6.07) is 3.50. The van der Waals surface area contributed by atoms with Crippen LogP contribution in [-0.4, -0.2) is 28.7 Å². The van der Waals surface area contributed by atoms with Crippen molar-refractivity contribution in [3.8, 4) is 0 Å². The van der Waals surface area contributed by atoms with E-state index in [4.69, 9.17) is 10.5 Å². The van der Waals surface area contributed by atoms with E-state index >= 15 is 0 Å². The highest BCUT2D eigenvalue weighted by Gasteiger charge is 2.21. The van der Waals surface area contributed by atoms with Crippen LogP contribution in [0.2, 0.25) is 0 Å². The van der Waals surface area contributed by atoms with Gasteiger partial charge in [0.25, 0.3) is 0 Å². The smallest absolute Gasteiger partial charge is 0.415 e. The highest BCUT2D eigenvalue weighted by molar-refractivity contribution is 7.21. The lowest BCUT2D eigenvalue weighted by molar-refractivity contribution is 0.0588. The number of amides is 1. The van der Waals surface area contributed by atoms with Crippen molar-refractivity contribution < 1.29 is 9.53 Å². The lowest BCUT2D eigenvalue weighted by Crippen LogP contribution is -2.34. The Morgan fingerprint density at radius 2 is 2.05 bits per heavy atom. The molecule has 0 aliphatic carbocycles. The summed E-state index contributed by atoms with van der Waals surface area (Å²) in [5.74, 6) is 0.505. The molecule has 0 spiro atoms. The summed E-state index contributed by atoms with van der Waals surface area (Å²) in [6.07, 6.45) is -0.447. The molecule has 102 valence electrons. The lowest BCUT2D eigenvalue weighted by Gasteiger charge is -2.24. The van der Waals surface area contributed by atoms with Crippen LogP contribution in [0, 0.1) is 0 Å². The fraction of sp³-hybridized carbons (Fsp3) is 0.417. The predicted molar refractivity (Wildman–Crippen MR) is 76.5 cm³/mol. The first-order valence-electron chi connectivity index (χ1n) is 5.76. The Balaban J connectivity index is 2.25. The van der Waals surface area contributed by atoms with Gasteiger partial charge in [-0.2, -0.15) is 0 Å². The summed E-state index contributed by atoms with van der Waals surface area (Å²) in [7, 11) is 1.62. The molecular weight excluding hydrogens is 264 g/mol. The van der Waals surface area contributed by atoms with Gasteiger partial charge in [0.2, 0.25) is 0 Å². The van der Waals surface area contributed by atoms with Crippen molar-refractivity contribution in [3.63, 3.8) is 0 Å². The fourth-order valence-corrected chi connectivity index (χ4v) is 2.13. The number of rotatable bonds is 1. The van der Waals surface area contributed by atoms with Crippen molar-refractivity contribution in [2.24, 2.45) is 0 Å². The van der Waals surface area contributed by atoms with Crippen LogP contribution in [0.15, 0.2) is 12.1 Å². The minimum absolute atomic E-state index is 0.447. The Kier molecular flexibility index (Phi) is 3.32. The number of ether oxygens (including phenoxy) is 1. The number of hydrogen-bond donors (Lipinski definition) is 1. The quantitative estimate of drug-likeness (QED) is 0.868. The van der Waals surface area contributed by atoms with Crippen molar-refractivity contribution >= 4 is 38.7 Å². The number of hydrogen-bond acceptors (Lipinski definition) is 6. The second-order valence-electron chi connectivity index (χ2n) is 5.09. The number of anilines is 2. The monoisotopic (exact) mass is 280 g/mol. The molecule has 0 unspecified atom stereocenters. The number of thiazole rings is 1. The molecular formula is C12H16N4O2S. The zero-order chi connectivity index (χ0) is 14.2. The van der Waals surface area contributed by atoms with E-state index in [-0.39, 0.29) is 0 Å². The molecule has 0 saturated heterocycles. The van der Waals surface area contributed by atoms with Crippen LogP contribution in [0.4, 0.5) is 15.7 Å². The molecule has 0 radical (unpaired) electrons. The molecule has 0 bridgehead atoms. The SMILES string of the molecule is CN(C(=O)OC(C)(C)C)c1ccc2nc(N)sc2n1. The van der Waals surface area contributed by atoms with Gasteiger partial charge in [0, 0.05) is 7.05 Å². The van der Waals surface area contributed by atoms with E-state index < -0.39 is 11.7 Å². The van der Waals surface area contributed by atoms with E-state index in [0.29, 0.717) is 15.8 Å². The zero-order valence-corrected chi connectivity index (χ0v) is 12.1. The van der Waals surface area contributed by atoms with Crippen molar-refractivity contribution in [1.29, 1.82) is 0 Å². The van der Waals surface area contributed by atoms with Crippen molar-refractivity contribution in [3.05, 3.63) is 12.1 Å². The third kappa shape index (κ3) is 3.11. The summed E-state index contributed by atoms with van der Waals surface area (Å²) in [4.78, 5) is 22.5. The van der Waals surface area contributed by atoms with Gasteiger partial charge in [-0.3, -0.25) is 4.90 Å². The van der Waals surface area contributed by atoms with Gasteiger partial charge in [0.15, 0.2) is 5.13 Å². The largest absolute Gasteiger partial charge is 0.443 e. The van der Waals surface area contributed by atoms with Gasteiger partial charge < -0.3 is 10.5 Å². The number of carbonyl (C=O) groups excluding carboxylic acids is 1. The predicted octanol–water partition coefficient (Wildman–Crippen LogP) is 2.64. The normalized spacial score (nSPS) is 11.6. The van der Waals surface area contributed by atoms with Crippen LogP contribution in [0.5, 0.6) is 0 Å². The maximum Gasteiger partial charge on any atom is 0.415 e. The first kappa shape index (κ1) is 13.5. The van der Waals surface area contributed by atoms with Crippen LogP contribution < -0.4 is 10.6 Å². The van der Waals surface area contributed by atoms with Gasteiger partial charge in [-0.15, -0.1) is 0 Å². The fourth-order valence-electron chi connectivity index (χ4n) is 1.43. The number of aromatic nitrogens is 2. The number of nitrogen functional groups attached to an aromatic ring is 1. The molecule has 2 N–H and O–H groups in total. The van der Waals surface area contributed by atoms with E-state index in [1.165, 1.54) is 16.2 Å². The summed E-state index contributed by atoms with van der Waals surface area (Å²) < 4.78 is 5.28. The average Bonchev–Trinajstić information content (AvgIpc) is 2.64. The van der Waals surface area contributed by atoms with Gasteiger partial charge in [0.1, 0.15) is 21.8 Å². The Hall–Kier alpha value is -1.89. The Morgan fingerprint density at radius 1 is 1.37 bits per heavy atom. The summed E-state index contributed by atoms with van der Waals surface area (Å²) >= 11 is 1.29. The number of carbonyl (C=O) groups is 1. The number of fused-ring (bicyclic) bond motifs is 1. The van der Waals surface area contributed by atoms with Gasteiger partial charge in [-0.1, -0.05) is 11.3 Å². The topological polar surface area (TPSA) is 81.3 Å². The average molecular weight is 280 g/mol. The number of nitrogens with two attached hydrogens (primary N) is 1. The third-order valence-corrected chi connectivity index (χ3v) is 3.06. The maximum atomic E-state index is 11.9. The standard InChI is InChI=1S/C12H16N4O2S/c1-12(2,3)18-11(17)16(4)8-6-5-7-9(15-8)19-10(13)14-7/h5-6H,1-4H3,(H2,13,14). The summed E-state index contributed by atoms with van der Waals surface area (Å²) in [5.41, 5.74) is 5.81. The van der Waals surface area contributed by atoms with Crippen LogP contribution in [0.3, 0.4) is 0 Å². The molecule has 19 heavy (non-hydrogen) atoms. The highest BCUT2D eigenvalue weighted by atomic mass is 32.1. The molecule has 6 nitrogen and oxygen atoms in total. The van der Waals surface area contributed by atoms with Gasteiger partial charge in [-0.05, 0) is 32.9 Å². The van der Waals surface area contributed by atoms with Gasteiger partial charge in [0.05, 0.1) is 0 Å². The van der Waals surface area contributed by atoms with E-state index in [1.54, 1.807) is 19.2 Å². The molecule has 0 saturated carbocycles. The molecule has 7 heteroatoms. The zero-order valence-electron chi connectivity index (χ0n) is 11.3. The Labute approximate surface area is 115 Å². The van der Waals surface area contributed by atoms with E-state index in [0.717, 1.165) is 5.52 Å². The van der Waals surface area contributed by atoms with Crippen LogP contribution >= 0.6 is 11.3 Å². The van der Waals surface area contributed by atoms with Gasteiger partial charge >= 0.3 is 6.09 Å². The van der Waals surface area contributed by atoms with E-state index in [2.05, 4.69) is 9.97 Å². The van der Waals surface area contributed by atoms with E-state index in [1.807, 2.05) is 20.8 Å². The van der Waals surface area contributed by atoms with Crippen molar-refractivity contribution in [2.75, 3.05) is 17.7 Å². The van der Waals surface area contributed by atoms with Crippen LogP contribution in [0.1, 0.15) is 20.8 Å². The molecule has 0 aromatic carbocycles. The maximum absolute atomic E-state index is 11.9. The third-order valence-electron chi connectivity index (χ3n) is 2.27. The Bertz CT molecular complexity index is 618. The molecule has 2 aromatic rings. The lowest BCUT2D eigenvalue weighted by atomic mass is 10.2. The first-order chi connectivity index (χ1) is 8.76. The molecule has 0 atom stereocenters. The molecule has 1 amide bonds. The number of nitrogens with zero attached hydrogens (tertiary/aromatic N) is 3. The highest BCUT2D eigenvalue weighted by Crippen LogP contribution is 2.24. The second kappa shape index (κ2) is 4.65. The Morgan fingerprint density at radius 3 is 2.68 bits per heavy atom. The number of pyridine rings is 1. The minimum Gasteiger partial charge on any atom is -0.443 e. The second-order valence-corrected chi connectivity index (χ2v) is 6.09. The van der Waals surface area contributed by atoms with E-state index in [9.17, 15) is 4.79 Å². The molecule has 2 heterocycles. The minimum atomic E-state index is -0.537. The van der Waals surface area contributed by atoms with Crippen LogP contribution in [-0.2, 0) is 4.74 Å².